The third-order valence-electron chi connectivity index (χ3n) is 6.07. The number of anilines is 1. The number of piperidine rings is 1. The zero-order valence-electron chi connectivity index (χ0n) is 19.9. The van der Waals surface area contributed by atoms with Gasteiger partial charge >= 0.3 is 0 Å². The third kappa shape index (κ3) is 6.54. The minimum atomic E-state index is -0.209. The van der Waals surface area contributed by atoms with Gasteiger partial charge in [-0.05, 0) is 56.4 Å². The van der Waals surface area contributed by atoms with Crippen molar-refractivity contribution in [1.82, 2.24) is 9.80 Å². The molecular weight excluding hydrogens is 414 g/mol. The van der Waals surface area contributed by atoms with E-state index in [0.717, 1.165) is 27.9 Å². The molecule has 6 nitrogen and oxygen atoms in total. The number of hydrogen-bond donors (Lipinski definition) is 1. The molecule has 3 rings (SSSR count). The van der Waals surface area contributed by atoms with Gasteiger partial charge in [0.2, 0.25) is 17.7 Å². The van der Waals surface area contributed by atoms with E-state index >= 15 is 0 Å². The Morgan fingerprint density at radius 2 is 1.64 bits per heavy atom. The van der Waals surface area contributed by atoms with Gasteiger partial charge in [0.15, 0.2) is 0 Å². The molecule has 0 aliphatic carbocycles. The van der Waals surface area contributed by atoms with Crippen LogP contribution in [0.5, 0.6) is 0 Å². The molecule has 6 heteroatoms. The van der Waals surface area contributed by atoms with Crippen molar-refractivity contribution in [3.8, 4) is 0 Å². The topological polar surface area (TPSA) is 69.7 Å². The van der Waals surface area contributed by atoms with E-state index in [1.54, 1.807) is 18.0 Å². The second kappa shape index (κ2) is 10.9. The molecule has 174 valence electrons. The first-order valence-corrected chi connectivity index (χ1v) is 11.4. The molecule has 2 aromatic carbocycles. The first-order valence-electron chi connectivity index (χ1n) is 11.4. The van der Waals surface area contributed by atoms with Crippen molar-refractivity contribution in [1.29, 1.82) is 0 Å². The Kier molecular flexibility index (Phi) is 8.04. The lowest BCUT2D eigenvalue weighted by Crippen LogP contribution is -2.44. The number of likely N-dealkylation sites (tertiary alicyclic amines) is 1. The predicted octanol–water partition coefficient (Wildman–Crippen LogP) is 3.96. The Morgan fingerprint density at radius 1 is 1.03 bits per heavy atom. The quantitative estimate of drug-likeness (QED) is 0.682. The molecule has 33 heavy (non-hydrogen) atoms. The number of likely N-dealkylation sites (N-methyl/N-ethyl adjacent to an activating group) is 1. The summed E-state index contributed by atoms with van der Waals surface area (Å²) in [6.07, 6.45) is 4.60. The van der Waals surface area contributed by atoms with E-state index in [4.69, 9.17) is 0 Å². The van der Waals surface area contributed by atoms with Crippen LogP contribution in [0.15, 0.2) is 48.5 Å². The summed E-state index contributed by atoms with van der Waals surface area (Å²) in [5.41, 5.74) is 4.95. The fourth-order valence-corrected chi connectivity index (χ4v) is 4.35. The number of nitrogens with one attached hydrogen (secondary N) is 1. The maximum absolute atomic E-state index is 12.9. The molecule has 0 saturated carbocycles. The van der Waals surface area contributed by atoms with Gasteiger partial charge in [-0.15, -0.1) is 0 Å². The summed E-state index contributed by atoms with van der Waals surface area (Å²) >= 11 is 0. The van der Waals surface area contributed by atoms with Crippen LogP contribution in [0.3, 0.4) is 0 Å². The molecule has 1 aliphatic heterocycles. The molecule has 0 atom stereocenters. The second-order valence-corrected chi connectivity index (χ2v) is 8.86. The molecule has 1 heterocycles. The van der Waals surface area contributed by atoms with Crippen LogP contribution in [0.1, 0.15) is 35.1 Å². The van der Waals surface area contributed by atoms with Crippen molar-refractivity contribution in [2.24, 2.45) is 5.92 Å². The number of nitrogens with zero attached hydrogens (tertiary/aromatic N) is 2. The van der Waals surface area contributed by atoms with Gasteiger partial charge in [0.05, 0.1) is 6.54 Å². The number of rotatable bonds is 6. The summed E-state index contributed by atoms with van der Waals surface area (Å²) in [5, 5.41) is 2.95. The fraction of sp³-hybridized carbons (Fsp3) is 0.370. The number of amides is 3. The molecule has 1 saturated heterocycles. The lowest BCUT2D eigenvalue weighted by atomic mass is 9.95. The lowest BCUT2D eigenvalue weighted by Gasteiger charge is -2.32. The van der Waals surface area contributed by atoms with Gasteiger partial charge in [-0.3, -0.25) is 14.4 Å². The van der Waals surface area contributed by atoms with E-state index in [-0.39, 0.29) is 30.2 Å². The highest BCUT2D eigenvalue weighted by Gasteiger charge is 2.29. The first-order chi connectivity index (χ1) is 15.7. The largest absolute Gasteiger partial charge is 0.339 e. The first kappa shape index (κ1) is 24.2. The summed E-state index contributed by atoms with van der Waals surface area (Å²) in [4.78, 5) is 41.2. The van der Waals surface area contributed by atoms with Crippen molar-refractivity contribution in [3.63, 3.8) is 0 Å². The van der Waals surface area contributed by atoms with Gasteiger partial charge in [0.25, 0.3) is 0 Å². The average molecular weight is 448 g/mol. The Morgan fingerprint density at radius 3 is 2.24 bits per heavy atom. The van der Waals surface area contributed by atoms with Gasteiger partial charge in [-0.1, -0.05) is 48.0 Å². The summed E-state index contributed by atoms with van der Waals surface area (Å²) in [7, 11) is 1.66. The molecule has 0 radical (unpaired) electrons. The third-order valence-corrected chi connectivity index (χ3v) is 6.07. The standard InChI is InChI=1S/C27H33N3O3/c1-19-16-20(2)26(21(3)17-19)28-24(31)18-29(4)27(33)23-12-14-30(15-13-23)25(32)11-10-22-8-6-5-7-9-22/h5-11,16-17,23H,12-15,18H2,1-4H3,(H,28,31)/b11-10+. The molecule has 0 spiro atoms. The van der Waals surface area contributed by atoms with Crippen LogP contribution in [0.2, 0.25) is 0 Å². The zero-order valence-corrected chi connectivity index (χ0v) is 19.9. The number of hydrogen-bond acceptors (Lipinski definition) is 3. The van der Waals surface area contributed by atoms with Gasteiger partial charge in [-0.25, -0.2) is 0 Å². The maximum atomic E-state index is 12.9. The smallest absolute Gasteiger partial charge is 0.246 e. The lowest BCUT2D eigenvalue weighted by molar-refractivity contribution is -0.140. The number of benzene rings is 2. The van der Waals surface area contributed by atoms with E-state index in [1.165, 1.54) is 4.90 Å². The van der Waals surface area contributed by atoms with Crippen LogP contribution >= 0.6 is 0 Å². The van der Waals surface area contributed by atoms with Gasteiger partial charge < -0.3 is 15.1 Å². The van der Waals surface area contributed by atoms with Crippen LogP contribution in [0.4, 0.5) is 5.69 Å². The highest BCUT2D eigenvalue weighted by Crippen LogP contribution is 2.23. The van der Waals surface area contributed by atoms with Gasteiger partial charge in [0.1, 0.15) is 0 Å². The molecule has 0 bridgehead atoms. The zero-order chi connectivity index (χ0) is 24.0. The van der Waals surface area contributed by atoms with Crippen LogP contribution in [0.25, 0.3) is 6.08 Å². The number of carbonyl (C=O) groups excluding carboxylic acids is 3. The molecule has 1 N–H and O–H groups in total. The molecule has 0 aromatic heterocycles. The van der Waals surface area contributed by atoms with Crippen LogP contribution in [-0.2, 0) is 14.4 Å². The van der Waals surface area contributed by atoms with Crippen molar-refractivity contribution in [2.75, 3.05) is 32.0 Å². The fourth-order valence-electron chi connectivity index (χ4n) is 4.35. The predicted molar refractivity (Wildman–Crippen MR) is 132 cm³/mol. The molecular formula is C27H33N3O3. The van der Waals surface area contributed by atoms with Crippen molar-refractivity contribution in [3.05, 3.63) is 70.8 Å². The average Bonchev–Trinajstić information content (AvgIpc) is 2.80. The van der Waals surface area contributed by atoms with E-state index in [2.05, 4.69) is 5.32 Å². The SMILES string of the molecule is Cc1cc(C)c(NC(=O)CN(C)C(=O)C2CCN(C(=O)/C=C/c3ccccc3)CC2)c(C)c1. The normalized spacial score (nSPS) is 14.4. The van der Waals surface area contributed by atoms with Crippen LogP contribution in [0, 0.1) is 26.7 Å². The molecule has 1 fully saturated rings. The van der Waals surface area contributed by atoms with Crippen molar-refractivity contribution < 1.29 is 14.4 Å². The summed E-state index contributed by atoms with van der Waals surface area (Å²) in [6, 6.07) is 13.8. The van der Waals surface area contributed by atoms with E-state index < -0.39 is 0 Å². The van der Waals surface area contributed by atoms with Crippen molar-refractivity contribution in [2.45, 2.75) is 33.6 Å². The van der Waals surface area contributed by atoms with E-state index in [9.17, 15) is 14.4 Å². The second-order valence-electron chi connectivity index (χ2n) is 8.86. The number of carbonyl (C=O) groups is 3. The maximum Gasteiger partial charge on any atom is 0.246 e. The minimum Gasteiger partial charge on any atom is -0.339 e. The monoisotopic (exact) mass is 447 g/mol. The molecule has 0 unspecified atom stereocenters. The summed E-state index contributed by atoms with van der Waals surface area (Å²) < 4.78 is 0. The summed E-state index contributed by atoms with van der Waals surface area (Å²) in [6.45, 7) is 7.04. The summed E-state index contributed by atoms with van der Waals surface area (Å²) in [5.74, 6) is -0.469. The van der Waals surface area contributed by atoms with Crippen LogP contribution in [-0.4, -0.2) is 54.2 Å². The Labute approximate surface area is 196 Å². The molecule has 2 aromatic rings. The molecule has 3 amide bonds. The van der Waals surface area contributed by atoms with Crippen LogP contribution < -0.4 is 5.32 Å². The number of aryl methyl sites for hydroxylation is 3. The van der Waals surface area contributed by atoms with Gasteiger partial charge in [0, 0.05) is 37.8 Å². The van der Waals surface area contributed by atoms with E-state index in [1.807, 2.05) is 69.3 Å². The van der Waals surface area contributed by atoms with Gasteiger partial charge in [-0.2, -0.15) is 0 Å². The Balaban J connectivity index is 1.48. The van der Waals surface area contributed by atoms with Crippen molar-refractivity contribution >= 4 is 29.5 Å². The minimum absolute atomic E-state index is 0.00451. The molecule has 1 aliphatic rings. The van der Waals surface area contributed by atoms with E-state index in [0.29, 0.717) is 25.9 Å². The highest BCUT2D eigenvalue weighted by atomic mass is 16.2. The Bertz CT molecular complexity index is 1010. The highest BCUT2D eigenvalue weighted by molar-refractivity contribution is 5.96. The Hall–Kier alpha value is -3.41.